The summed E-state index contributed by atoms with van der Waals surface area (Å²) in [6.45, 7) is 5.02. The van der Waals surface area contributed by atoms with Crippen molar-refractivity contribution in [1.29, 1.82) is 0 Å². The van der Waals surface area contributed by atoms with Crippen molar-refractivity contribution in [2.24, 2.45) is 5.92 Å². The molecule has 0 unspecified atom stereocenters. The zero-order valence-electron chi connectivity index (χ0n) is 12.5. The number of hydrogen-bond acceptors (Lipinski definition) is 2. The lowest BCUT2D eigenvalue weighted by Gasteiger charge is -2.23. The number of carboxylic acids is 1. The molecule has 1 aromatic rings. The summed E-state index contributed by atoms with van der Waals surface area (Å²) in [6, 6.07) is 6.53. The molecular formula is C16H22N2O3. The van der Waals surface area contributed by atoms with Crippen molar-refractivity contribution in [2.75, 3.05) is 11.9 Å². The molecule has 0 spiro atoms. The predicted octanol–water partition coefficient (Wildman–Crippen LogP) is 3.43. The van der Waals surface area contributed by atoms with Crippen molar-refractivity contribution >= 4 is 17.7 Å². The van der Waals surface area contributed by atoms with E-state index in [1.54, 1.807) is 12.1 Å². The summed E-state index contributed by atoms with van der Waals surface area (Å²) >= 11 is 0. The smallest absolute Gasteiger partial charge is 0.335 e. The molecule has 0 heterocycles. The molecule has 21 heavy (non-hydrogen) atoms. The lowest BCUT2D eigenvalue weighted by molar-refractivity contribution is 0.0697. The maximum absolute atomic E-state index is 12.4. The molecule has 5 heteroatoms. The van der Waals surface area contributed by atoms with Gasteiger partial charge in [0.1, 0.15) is 0 Å². The molecule has 1 aliphatic carbocycles. The topological polar surface area (TPSA) is 69.6 Å². The first-order valence-corrected chi connectivity index (χ1v) is 7.38. The van der Waals surface area contributed by atoms with Crippen molar-refractivity contribution in [3.63, 3.8) is 0 Å². The average Bonchev–Trinajstić information content (AvgIpc) is 3.23. The molecule has 2 rings (SSSR count). The van der Waals surface area contributed by atoms with E-state index in [9.17, 15) is 9.59 Å². The van der Waals surface area contributed by atoms with E-state index in [4.69, 9.17) is 5.11 Å². The Morgan fingerprint density at radius 2 is 2.10 bits per heavy atom. The van der Waals surface area contributed by atoms with Gasteiger partial charge in [-0.25, -0.2) is 9.59 Å². The number of anilines is 1. The number of nitrogens with zero attached hydrogens (tertiary/aromatic N) is 1. The second-order valence-corrected chi connectivity index (χ2v) is 5.92. The Kier molecular flexibility index (Phi) is 4.83. The highest BCUT2D eigenvalue weighted by Gasteiger charge is 2.32. The highest BCUT2D eigenvalue weighted by molar-refractivity contribution is 5.93. The summed E-state index contributed by atoms with van der Waals surface area (Å²) in [5, 5.41) is 11.8. The fourth-order valence-corrected chi connectivity index (χ4v) is 2.16. The van der Waals surface area contributed by atoms with Crippen molar-refractivity contribution in [2.45, 2.75) is 39.2 Å². The summed E-state index contributed by atoms with van der Waals surface area (Å²) in [4.78, 5) is 25.2. The van der Waals surface area contributed by atoms with E-state index in [1.807, 2.05) is 4.90 Å². The Morgan fingerprint density at radius 1 is 1.38 bits per heavy atom. The first-order valence-electron chi connectivity index (χ1n) is 7.38. The van der Waals surface area contributed by atoms with E-state index in [-0.39, 0.29) is 11.6 Å². The van der Waals surface area contributed by atoms with Gasteiger partial charge in [0, 0.05) is 18.3 Å². The van der Waals surface area contributed by atoms with Gasteiger partial charge in [0.15, 0.2) is 0 Å². The van der Waals surface area contributed by atoms with Crippen molar-refractivity contribution in [3.05, 3.63) is 29.8 Å². The Hall–Kier alpha value is -2.04. The largest absolute Gasteiger partial charge is 0.478 e. The molecule has 2 N–H and O–H groups in total. The molecule has 0 radical (unpaired) electrons. The fraction of sp³-hybridized carbons (Fsp3) is 0.500. The minimum atomic E-state index is -0.995. The molecule has 0 aromatic heterocycles. The van der Waals surface area contributed by atoms with Gasteiger partial charge in [-0.15, -0.1) is 0 Å². The van der Waals surface area contributed by atoms with Gasteiger partial charge in [0.05, 0.1) is 5.56 Å². The molecular weight excluding hydrogens is 268 g/mol. The number of carbonyl (C=O) groups is 2. The number of nitrogens with one attached hydrogen (secondary N) is 1. The van der Waals surface area contributed by atoms with Crippen LogP contribution in [-0.4, -0.2) is 34.6 Å². The first-order chi connectivity index (χ1) is 9.97. The van der Waals surface area contributed by atoms with Crippen LogP contribution in [0.4, 0.5) is 10.5 Å². The molecule has 0 aliphatic heterocycles. The number of hydrogen-bond donors (Lipinski definition) is 2. The highest BCUT2D eigenvalue weighted by Crippen LogP contribution is 2.28. The Morgan fingerprint density at radius 3 is 2.67 bits per heavy atom. The zero-order chi connectivity index (χ0) is 15.4. The Balaban J connectivity index is 2.01. The molecule has 0 atom stereocenters. The minimum Gasteiger partial charge on any atom is -0.478 e. The SMILES string of the molecule is CC(C)CCN(C(=O)Nc1cccc(C(=O)O)c1)C1CC1. The molecule has 5 nitrogen and oxygen atoms in total. The van der Waals surface area contributed by atoms with E-state index in [0.717, 1.165) is 25.8 Å². The number of rotatable bonds is 6. The molecule has 0 bridgehead atoms. The summed E-state index contributed by atoms with van der Waals surface area (Å²) in [5.74, 6) is -0.445. The number of amides is 2. The third-order valence-electron chi connectivity index (χ3n) is 3.56. The van der Waals surface area contributed by atoms with Gasteiger partial charge in [0.2, 0.25) is 0 Å². The molecule has 1 aliphatic rings. The minimum absolute atomic E-state index is 0.138. The predicted molar refractivity (Wildman–Crippen MR) is 81.6 cm³/mol. The van der Waals surface area contributed by atoms with Gasteiger partial charge >= 0.3 is 12.0 Å². The van der Waals surface area contributed by atoms with Gasteiger partial charge in [-0.3, -0.25) is 0 Å². The van der Waals surface area contributed by atoms with Crippen LogP contribution in [-0.2, 0) is 0 Å². The van der Waals surface area contributed by atoms with Crippen LogP contribution < -0.4 is 5.32 Å². The van der Waals surface area contributed by atoms with Crippen LogP contribution in [0.2, 0.25) is 0 Å². The standard InChI is InChI=1S/C16H22N2O3/c1-11(2)8-9-18(14-6-7-14)16(21)17-13-5-3-4-12(10-13)15(19)20/h3-5,10-11,14H,6-9H2,1-2H3,(H,17,21)(H,19,20). The summed E-state index contributed by atoms with van der Waals surface area (Å²) in [6.07, 6.45) is 3.08. The normalized spacial score (nSPS) is 14.0. The van der Waals surface area contributed by atoms with Crippen LogP contribution in [0, 0.1) is 5.92 Å². The van der Waals surface area contributed by atoms with Crippen molar-refractivity contribution in [1.82, 2.24) is 4.90 Å². The summed E-state index contributed by atoms with van der Waals surface area (Å²) in [7, 11) is 0. The third kappa shape index (κ3) is 4.48. The van der Waals surface area contributed by atoms with Gasteiger partial charge < -0.3 is 15.3 Å². The quantitative estimate of drug-likeness (QED) is 0.843. The van der Waals surface area contributed by atoms with Gasteiger partial charge in [-0.1, -0.05) is 19.9 Å². The Bertz CT molecular complexity index is 524. The van der Waals surface area contributed by atoms with Crippen LogP contribution in [0.15, 0.2) is 24.3 Å². The maximum atomic E-state index is 12.4. The number of aromatic carboxylic acids is 1. The number of carbonyl (C=O) groups excluding carboxylic acids is 1. The van der Waals surface area contributed by atoms with Gasteiger partial charge in [-0.05, 0) is 43.4 Å². The van der Waals surface area contributed by atoms with Crippen LogP contribution in [0.3, 0.4) is 0 Å². The maximum Gasteiger partial charge on any atom is 0.335 e. The molecule has 1 saturated carbocycles. The first kappa shape index (κ1) is 15.4. The van der Waals surface area contributed by atoms with E-state index < -0.39 is 5.97 Å². The van der Waals surface area contributed by atoms with Crippen molar-refractivity contribution < 1.29 is 14.7 Å². The lowest BCUT2D eigenvalue weighted by atomic mass is 10.1. The molecule has 2 amide bonds. The zero-order valence-corrected chi connectivity index (χ0v) is 12.5. The average molecular weight is 290 g/mol. The number of carboxylic acid groups (broad SMARTS) is 1. The van der Waals surface area contributed by atoms with Crippen LogP contribution in [0.1, 0.15) is 43.5 Å². The van der Waals surface area contributed by atoms with Gasteiger partial charge in [-0.2, -0.15) is 0 Å². The van der Waals surface area contributed by atoms with E-state index >= 15 is 0 Å². The molecule has 1 aromatic carbocycles. The van der Waals surface area contributed by atoms with E-state index in [0.29, 0.717) is 17.6 Å². The van der Waals surface area contributed by atoms with Crippen LogP contribution in [0.5, 0.6) is 0 Å². The second-order valence-electron chi connectivity index (χ2n) is 5.92. The lowest BCUT2D eigenvalue weighted by Crippen LogP contribution is -2.38. The molecule has 114 valence electrons. The Labute approximate surface area is 125 Å². The summed E-state index contributed by atoms with van der Waals surface area (Å²) in [5.41, 5.74) is 0.697. The highest BCUT2D eigenvalue weighted by atomic mass is 16.4. The third-order valence-corrected chi connectivity index (χ3v) is 3.56. The monoisotopic (exact) mass is 290 g/mol. The second kappa shape index (κ2) is 6.61. The van der Waals surface area contributed by atoms with Gasteiger partial charge in [0.25, 0.3) is 0 Å². The number of benzene rings is 1. The van der Waals surface area contributed by atoms with E-state index in [1.165, 1.54) is 12.1 Å². The van der Waals surface area contributed by atoms with Crippen LogP contribution in [0.25, 0.3) is 0 Å². The summed E-state index contributed by atoms with van der Waals surface area (Å²) < 4.78 is 0. The molecule has 1 fully saturated rings. The van der Waals surface area contributed by atoms with Crippen LogP contribution >= 0.6 is 0 Å². The van der Waals surface area contributed by atoms with Crippen molar-refractivity contribution in [3.8, 4) is 0 Å². The molecule has 0 saturated heterocycles. The fourth-order valence-electron chi connectivity index (χ4n) is 2.16. The van der Waals surface area contributed by atoms with E-state index in [2.05, 4.69) is 19.2 Å². The number of urea groups is 1.